The number of benzene rings is 3. The Balaban J connectivity index is 1.54. The highest BCUT2D eigenvalue weighted by Crippen LogP contribution is 2.40. The first-order valence-electron chi connectivity index (χ1n) is 12.2. The van der Waals surface area contributed by atoms with Gasteiger partial charge in [0.05, 0.1) is 25.3 Å². The molecular weight excluding hydrogens is 468 g/mol. The Morgan fingerprint density at radius 1 is 0.973 bits per heavy atom. The molecule has 1 amide bonds. The number of aromatic nitrogens is 1. The van der Waals surface area contributed by atoms with Crippen molar-refractivity contribution < 1.29 is 24.2 Å². The quantitative estimate of drug-likeness (QED) is 0.198. The number of hydrogen-bond donors (Lipinski definition) is 2. The van der Waals surface area contributed by atoms with Crippen LogP contribution in [-0.4, -0.2) is 46.9 Å². The van der Waals surface area contributed by atoms with E-state index in [0.29, 0.717) is 36.6 Å². The van der Waals surface area contributed by atoms with E-state index < -0.39 is 17.7 Å². The first-order chi connectivity index (χ1) is 18.0. The molecule has 0 radical (unpaired) electrons. The van der Waals surface area contributed by atoms with Crippen LogP contribution in [0.15, 0.2) is 84.6 Å². The molecule has 7 heteroatoms. The van der Waals surface area contributed by atoms with E-state index in [1.54, 1.807) is 36.3 Å². The van der Waals surface area contributed by atoms with Crippen molar-refractivity contribution in [2.24, 2.45) is 0 Å². The number of nitrogens with one attached hydrogen (secondary N) is 1. The molecule has 4 aromatic rings. The van der Waals surface area contributed by atoms with E-state index in [1.807, 2.05) is 61.7 Å². The Kier molecular flexibility index (Phi) is 6.68. The molecule has 1 saturated heterocycles. The molecule has 1 aliphatic rings. The van der Waals surface area contributed by atoms with Gasteiger partial charge in [-0.2, -0.15) is 0 Å². The number of aliphatic hydroxyl groups excluding tert-OH is 1. The first-order valence-corrected chi connectivity index (χ1v) is 12.2. The van der Waals surface area contributed by atoms with E-state index in [2.05, 4.69) is 4.98 Å². The standard InChI is InChI=1S/C30H28N2O5/c1-3-37-23-14-8-19(9-15-23)27-26(28(33)20-10-12-22(36-2)13-11-20)29(34)30(35)32(27)17-16-21-18-31-25-7-5-4-6-24(21)25/h4-15,18,27,31,33H,3,16-17H2,1-2H3. The number of aliphatic hydroxyl groups is 1. The minimum Gasteiger partial charge on any atom is -0.507 e. The summed E-state index contributed by atoms with van der Waals surface area (Å²) in [5.41, 5.74) is 3.29. The predicted octanol–water partition coefficient (Wildman–Crippen LogP) is 5.24. The lowest BCUT2D eigenvalue weighted by Crippen LogP contribution is -2.31. The molecule has 0 saturated carbocycles. The molecule has 2 heterocycles. The van der Waals surface area contributed by atoms with Crippen molar-refractivity contribution in [3.63, 3.8) is 0 Å². The summed E-state index contributed by atoms with van der Waals surface area (Å²) in [5.74, 6) is -0.231. The van der Waals surface area contributed by atoms with Gasteiger partial charge < -0.3 is 24.5 Å². The fraction of sp³-hybridized carbons (Fsp3) is 0.200. The Morgan fingerprint density at radius 2 is 1.68 bits per heavy atom. The van der Waals surface area contributed by atoms with E-state index in [0.717, 1.165) is 22.0 Å². The minimum absolute atomic E-state index is 0.0678. The summed E-state index contributed by atoms with van der Waals surface area (Å²) in [6.45, 7) is 2.74. The largest absolute Gasteiger partial charge is 0.507 e. The van der Waals surface area contributed by atoms with Crippen LogP contribution >= 0.6 is 0 Å². The number of methoxy groups -OCH3 is 1. The molecule has 0 bridgehead atoms. The number of aromatic amines is 1. The van der Waals surface area contributed by atoms with Crippen molar-refractivity contribution in [1.29, 1.82) is 0 Å². The lowest BCUT2D eigenvalue weighted by Gasteiger charge is -2.25. The summed E-state index contributed by atoms with van der Waals surface area (Å²) in [7, 11) is 1.56. The number of nitrogens with zero attached hydrogens (tertiary/aromatic N) is 1. The molecule has 5 rings (SSSR count). The molecular formula is C30H28N2O5. The fourth-order valence-corrected chi connectivity index (χ4v) is 4.85. The fourth-order valence-electron chi connectivity index (χ4n) is 4.85. The van der Waals surface area contributed by atoms with Gasteiger partial charge in [-0.3, -0.25) is 9.59 Å². The van der Waals surface area contributed by atoms with E-state index >= 15 is 0 Å². The molecule has 37 heavy (non-hydrogen) atoms. The number of Topliss-reactive ketones (excluding diaryl/α,β-unsaturated/α-hetero) is 1. The molecule has 0 aliphatic carbocycles. The normalized spacial score (nSPS) is 16.9. The number of H-pyrrole nitrogens is 1. The lowest BCUT2D eigenvalue weighted by atomic mass is 9.95. The number of fused-ring (bicyclic) bond motifs is 1. The average Bonchev–Trinajstić information content (AvgIpc) is 3.46. The smallest absolute Gasteiger partial charge is 0.295 e. The lowest BCUT2D eigenvalue weighted by molar-refractivity contribution is -0.139. The van der Waals surface area contributed by atoms with Crippen LogP contribution in [-0.2, 0) is 16.0 Å². The van der Waals surface area contributed by atoms with Crippen LogP contribution in [0.2, 0.25) is 0 Å². The van der Waals surface area contributed by atoms with Gasteiger partial charge >= 0.3 is 0 Å². The molecule has 1 fully saturated rings. The summed E-state index contributed by atoms with van der Waals surface area (Å²) in [4.78, 5) is 31.4. The van der Waals surface area contributed by atoms with Crippen molar-refractivity contribution in [3.8, 4) is 11.5 Å². The third-order valence-electron chi connectivity index (χ3n) is 6.71. The van der Waals surface area contributed by atoms with E-state index in [1.165, 1.54) is 0 Å². The van der Waals surface area contributed by atoms with E-state index in [-0.39, 0.29) is 11.3 Å². The van der Waals surface area contributed by atoms with Gasteiger partial charge in [0, 0.05) is 29.2 Å². The monoisotopic (exact) mass is 496 g/mol. The van der Waals surface area contributed by atoms with Crippen LogP contribution in [0.3, 0.4) is 0 Å². The van der Waals surface area contributed by atoms with Gasteiger partial charge in [0.1, 0.15) is 17.3 Å². The first kappa shape index (κ1) is 24.2. The highest BCUT2D eigenvalue weighted by atomic mass is 16.5. The maximum absolute atomic E-state index is 13.3. The van der Waals surface area contributed by atoms with Gasteiger partial charge in [0.15, 0.2) is 0 Å². The maximum atomic E-state index is 13.3. The van der Waals surface area contributed by atoms with Gasteiger partial charge in [-0.15, -0.1) is 0 Å². The summed E-state index contributed by atoms with van der Waals surface area (Å²) in [6.07, 6.45) is 2.48. The Bertz CT molecular complexity index is 1470. The van der Waals surface area contributed by atoms with Crippen LogP contribution in [0.25, 0.3) is 16.7 Å². The molecule has 0 spiro atoms. The highest BCUT2D eigenvalue weighted by Gasteiger charge is 2.45. The minimum atomic E-state index is -0.733. The van der Waals surface area contributed by atoms with Gasteiger partial charge in [-0.05, 0) is 66.9 Å². The van der Waals surface area contributed by atoms with Crippen molar-refractivity contribution >= 4 is 28.4 Å². The van der Waals surface area contributed by atoms with Crippen LogP contribution in [0.5, 0.6) is 11.5 Å². The van der Waals surface area contributed by atoms with Crippen LogP contribution < -0.4 is 9.47 Å². The molecule has 1 aliphatic heterocycles. The zero-order valence-electron chi connectivity index (χ0n) is 20.7. The van der Waals surface area contributed by atoms with Crippen molar-refractivity contribution in [2.75, 3.05) is 20.3 Å². The number of likely N-dealkylation sites (tertiary alicyclic amines) is 1. The number of ketones is 1. The number of para-hydroxylation sites is 1. The van der Waals surface area contributed by atoms with Gasteiger partial charge in [0.25, 0.3) is 11.7 Å². The molecule has 1 unspecified atom stereocenters. The Hall–Kier alpha value is -4.52. The Morgan fingerprint density at radius 3 is 2.38 bits per heavy atom. The summed E-state index contributed by atoms with van der Waals surface area (Å²) >= 11 is 0. The van der Waals surface area contributed by atoms with Crippen molar-refractivity contribution in [3.05, 3.63) is 101 Å². The Labute approximate surface area is 214 Å². The molecule has 2 N–H and O–H groups in total. The summed E-state index contributed by atoms with van der Waals surface area (Å²) < 4.78 is 10.8. The predicted molar refractivity (Wildman–Crippen MR) is 142 cm³/mol. The summed E-state index contributed by atoms with van der Waals surface area (Å²) in [6, 6.07) is 21.3. The van der Waals surface area contributed by atoms with Gasteiger partial charge in [0.2, 0.25) is 0 Å². The number of ether oxygens (including phenoxy) is 2. The number of hydrogen-bond acceptors (Lipinski definition) is 5. The van der Waals surface area contributed by atoms with Crippen LogP contribution in [0, 0.1) is 0 Å². The topological polar surface area (TPSA) is 91.9 Å². The van der Waals surface area contributed by atoms with Crippen LogP contribution in [0.4, 0.5) is 0 Å². The third-order valence-corrected chi connectivity index (χ3v) is 6.71. The van der Waals surface area contributed by atoms with Crippen LogP contribution in [0.1, 0.15) is 29.7 Å². The number of amides is 1. The zero-order chi connectivity index (χ0) is 25.9. The van der Waals surface area contributed by atoms with E-state index in [4.69, 9.17) is 9.47 Å². The molecule has 7 nitrogen and oxygen atoms in total. The zero-order valence-corrected chi connectivity index (χ0v) is 20.7. The molecule has 3 aromatic carbocycles. The van der Waals surface area contributed by atoms with Gasteiger partial charge in [-0.1, -0.05) is 30.3 Å². The van der Waals surface area contributed by atoms with Gasteiger partial charge in [-0.25, -0.2) is 0 Å². The number of rotatable bonds is 8. The second-order valence-corrected chi connectivity index (χ2v) is 8.83. The SMILES string of the molecule is CCOc1ccc(C2C(=C(O)c3ccc(OC)cc3)C(=O)C(=O)N2CCc2c[nH]c3ccccc23)cc1. The van der Waals surface area contributed by atoms with E-state index in [9.17, 15) is 14.7 Å². The average molecular weight is 497 g/mol. The molecule has 188 valence electrons. The second kappa shape index (κ2) is 10.2. The number of carbonyl (C=O) groups excluding carboxylic acids is 2. The third kappa shape index (κ3) is 4.56. The van der Waals surface area contributed by atoms with Crippen molar-refractivity contribution in [2.45, 2.75) is 19.4 Å². The number of carbonyl (C=O) groups is 2. The maximum Gasteiger partial charge on any atom is 0.295 e. The summed E-state index contributed by atoms with van der Waals surface area (Å²) in [5, 5.41) is 12.3. The molecule has 1 atom stereocenters. The highest BCUT2D eigenvalue weighted by molar-refractivity contribution is 6.46. The molecule has 1 aromatic heterocycles. The second-order valence-electron chi connectivity index (χ2n) is 8.83. The van der Waals surface area contributed by atoms with Crippen molar-refractivity contribution in [1.82, 2.24) is 9.88 Å².